The van der Waals surface area contributed by atoms with Crippen LogP contribution < -0.4 is 10.6 Å². The summed E-state index contributed by atoms with van der Waals surface area (Å²) in [4.78, 5) is 37.1. The van der Waals surface area contributed by atoms with Gasteiger partial charge in [-0.1, -0.05) is 0 Å². The Bertz CT molecular complexity index is 1020. The summed E-state index contributed by atoms with van der Waals surface area (Å²) in [5, 5.41) is 0. The van der Waals surface area contributed by atoms with Crippen LogP contribution in [0, 0.1) is 0 Å². The highest BCUT2D eigenvalue weighted by atomic mass is 16.6. The first-order valence-electron chi connectivity index (χ1n) is 10.4. The molecule has 0 spiro atoms. The molecule has 0 unspecified atom stereocenters. The lowest BCUT2D eigenvalue weighted by molar-refractivity contribution is 0.0130. The summed E-state index contributed by atoms with van der Waals surface area (Å²) in [6, 6.07) is -0.393. The number of fused-ring (bicyclic) bond motifs is 1. The normalized spacial score (nSPS) is 23.1. The van der Waals surface area contributed by atoms with E-state index in [1.54, 1.807) is 4.90 Å². The van der Waals surface area contributed by atoms with Crippen LogP contribution in [0.25, 0.3) is 11.2 Å². The number of nitrogens with zero attached hydrogens (tertiary/aromatic N) is 6. The fourth-order valence-corrected chi connectivity index (χ4v) is 3.33. The maximum absolute atomic E-state index is 12.6. The van der Waals surface area contributed by atoms with Crippen LogP contribution in [0.2, 0.25) is 0 Å². The van der Waals surface area contributed by atoms with E-state index in [9.17, 15) is 9.59 Å². The molecular weight excluding hydrogens is 348 g/mol. The van der Waals surface area contributed by atoms with E-state index in [1.165, 1.54) is 17.9 Å². The zero-order valence-electron chi connectivity index (χ0n) is 19.6. The number of anilines is 1. The van der Waals surface area contributed by atoms with Gasteiger partial charge in [0.1, 0.15) is 16.8 Å². The average molecular weight is 379 g/mol. The Labute approximate surface area is 162 Å². The number of carbonyl (C=O) groups excluding carboxylic acids is 1. The maximum Gasteiger partial charge on any atom is 0.410 e. The third-order valence-corrected chi connectivity index (χ3v) is 4.65. The van der Waals surface area contributed by atoms with E-state index in [1.807, 2.05) is 39.5 Å². The largest absolute Gasteiger partial charge is 0.444 e. The molecule has 1 aliphatic heterocycles. The highest BCUT2D eigenvalue weighted by Crippen LogP contribution is 2.27. The number of piperazine rings is 1. The lowest BCUT2D eigenvalue weighted by Crippen LogP contribution is -2.59. The summed E-state index contributed by atoms with van der Waals surface area (Å²) < 4.78 is 30.8. The van der Waals surface area contributed by atoms with Crippen molar-refractivity contribution < 1.29 is 13.6 Å². The molecule has 2 aromatic rings. The van der Waals surface area contributed by atoms with Gasteiger partial charge in [0.15, 0.2) is 5.82 Å². The van der Waals surface area contributed by atoms with E-state index < -0.39 is 24.4 Å². The molecule has 2 aromatic heterocycles. The predicted molar refractivity (Wildman–Crippen MR) is 103 cm³/mol. The molecule has 0 bridgehead atoms. The average Bonchev–Trinajstić information content (AvgIpc) is 3.04. The standard InChI is InChI=1S/C18H28N6O3/c1-11-9-24(17(26)27-18(3,4)5)12(2)8-23(11)14-13-15(21(6)10-19-13)22(7)16(25)20-14/h10-12H,8-9H2,1-7H3/t11-,12+/m0/s1/i6D3. The van der Waals surface area contributed by atoms with Gasteiger partial charge in [0, 0.05) is 43.3 Å². The summed E-state index contributed by atoms with van der Waals surface area (Å²) in [6.45, 7) is 7.54. The molecule has 3 rings (SSSR count). The van der Waals surface area contributed by atoms with Crippen LogP contribution in [0.4, 0.5) is 10.6 Å². The van der Waals surface area contributed by atoms with Gasteiger partial charge in [-0.3, -0.25) is 4.57 Å². The number of amides is 1. The van der Waals surface area contributed by atoms with Crippen LogP contribution in [0.15, 0.2) is 11.1 Å². The van der Waals surface area contributed by atoms with Gasteiger partial charge in [-0.05, 0) is 34.6 Å². The van der Waals surface area contributed by atoms with Crippen molar-refractivity contribution >= 4 is 23.1 Å². The minimum Gasteiger partial charge on any atom is -0.444 e. The number of imidazole rings is 1. The highest BCUT2D eigenvalue weighted by molar-refractivity contribution is 5.84. The molecule has 1 aliphatic rings. The second-order valence-electron chi connectivity index (χ2n) is 8.05. The van der Waals surface area contributed by atoms with Gasteiger partial charge in [0.2, 0.25) is 0 Å². The fourth-order valence-electron chi connectivity index (χ4n) is 3.33. The van der Waals surface area contributed by atoms with Gasteiger partial charge >= 0.3 is 11.8 Å². The zero-order valence-corrected chi connectivity index (χ0v) is 16.6. The van der Waals surface area contributed by atoms with E-state index in [0.29, 0.717) is 24.4 Å². The monoisotopic (exact) mass is 379 g/mol. The summed E-state index contributed by atoms with van der Waals surface area (Å²) in [6.07, 6.45) is 0.808. The van der Waals surface area contributed by atoms with Crippen molar-refractivity contribution in [2.24, 2.45) is 14.0 Å². The molecule has 0 aliphatic carbocycles. The zero-order chi connectivity index (χ0) is 22.6. The van der Waals surface area contributed by atoms with E-state index >= 15 is 0 Å². The Balaban J connectivity index is 2.00. The second kappa shape index (κ2) is 6.54. The summed E-state index contributed by atoms with van der Waals surface area (Å²) >= 11 is 0. The molecule has 0 saturated carbocycles. The highest BCUT2D eigenvalue weighted by Gasteiger charge is 2.36. The third-order valence-electron chi connectivity index (χ3n) is 4.65. The molecule has 9 heteroatoms. The lowest BCUT2D eigenvalue weighted by Gasteiger charge is -2.44. The van der Waals surface area contributed by atoms with Crippen molar-refractivity contribution in [3.8, 4) is 0 Å². The number of carbonyl (C=O) groups is 1. The quantitative estimate of drug-likeness (QED) is 0.746. The summed E-state index contributed by atoms with van der Waals surface area (Å²) in [7, 11) is 1.47. The maximum atomic E-state index is 12.6. The molecule has 9 nitrogen and oxygen atoms in total. The number of hydrogen-bond donors (Lipinski definition) is 0. The van der Waals surface area contributed by atoms with Crippen molar-refractivity contribution in [3.63, 3.8) is 0 Å². The minimum absolute atomic E-state index is 0.180. The van der Waals surface area contributed by atoms with E-state index in [2.05, 4.69) is 9.97 Å². The molecule has 1 amide bonds. The molecule has 1 saturated heterocycles. The smallest absolute Gasteiger partial charge is 0.410 e. The number of ether oxygens (including phenoxy) is 1. The van der Waals surface area contributed by atoms with Crippen molar-refractivity contribution in [2.75, 3.05) is 18.0 Å². The van der Waals surface area contributed by atoms with Crippen LogP contribution in [0.5, 0.6) is 0 Å². The van der Waals surface area contributed by atoms with Crippen molar-refractivity contribution in [3.05, 3.63) is 16.8 Å². The van der Waals surface area contributed by atoms with Gasteiger partial charge in [0.05, 0.1) is 6.33 Å². The Kier molecular flexibility index (Phi) is 3.75. The Hall–Kier alpha value is -2.58. The van der Waals surface area contributed by atoms with Gasteiger partial charge in [-0.2, -0.15) is 4.98 Å². The van der Waals surface area contributed by atoms with Crippen LogP contribution in [-0.4, -0.2) is 60.9 Å². The first kappa shape index (κ1) is 15.5. The molecule has 0 N–H and O–H groups in total. The van der Waals surface area contributed by atoms with Gasteiger partial charge in [0.25, 0.3) is 0 Å². The molecule has 3 heterocycles. The lowest BCUT2D eigenvalue weighted by atomic mass is 10.1. The molecule has 148 valence electrons. The minimum atomic E-state index is -2.48. The van der Waals surface area contributed by atoms with Crippen molar-refractivity contribution in [1.29, 1.82) is 0 Å². The van der Waals surface area contributed by atoms with Crippen LogP contribution in [0.3, 0.4) is 0 Å². The Morgan fingerprint density at radius 2 is 2.00 bits per heavy atom. The van der Waals surface area contributed by atoms with E-state index in [4.69, 9.17) is 8.85 Å². The van der Waals surface area contributed by atoms with E-state index in [-0.39, 0.29) is 17.7 Å². The molecule has 2 atom stereocenters. The predicted octanol–water partition coefficient (Wildman–Crippen LogP) is 1.50. The van der Waals surface area contributed by atoms with Crippen LogP contribution in [0.1, 0.15) is 38.7 Å². The SMILES string of the molecule is [2H]C([2H])([2H])n1cnc2c(N3C[C@@H](C)N(C(=O)OC(C)(C)C)C[C@@H]3C)nc(=O)n(C)c21. The topological polar surface area (TPSA) is 85.5 Å². The van der Waals surface area contributed by atoms with Gasteiger partial charge in [-0.15, -0.1) is 0 Å². The van der Waals surface area contributed by atoms with Crippen molar-refractivity contribution in [1.82, 2.24) is 24.0 Å². The van der Waals surface area contributed by atoms with Crippen LogP contribution in [-0.2, 0) is 18.8 Å². The molecule has 0 radical (unpaired) electrons. The van der Waals surface area contributed by atoms with Gasteiger partial charge < -0.3 is 19.1 Å². The molecular formula is C18H28N6O3. The second-order valence-corrected chi connectivity index (χ2v) is 8.05. The van der Waals surface area contributed by atoms with E-state index in [0.717, 1.165) is 4.57 Å². The Morgan fingerprint density at radius 3 is 2.63 bits per heavy atom. The molecule has 1 fully saturated rings. The number of hydrogen-bond acceptors (Lipinski definition) is 6. The summed E-state index contributed by atoms with van der Waals surface area (Å²) in [5.41, 5.74) is -0.658. The number of aromatic nitrogens is 4. The van der Waals surface area contributed by atoms with Crippen LogP contribution >= 0.6 is 0 Å². The fraction of sp³-hybridized carbons (Fsp3) is 0.667. The van der Waals surface area contributed by atoms with Crippen molar-refractivity contribution in [2.45, 2.75) is 52.3 Å². The first-order chi connectivity index (χ1) is 13.7. The summed E-state index contributed by atoms with van der Waals surface area (Å²) in [5.74, 6) is 0.319. The number of rotatable bonds is 1. The molecule has 0 aromatic carbocycles. The third kappa shape index (κ3) is 3.50. The first-order valence-corrected chi connectivity index (χ1v) is 8.91. The number of aryl methyl sites for hydroxylation is 2. The van der Waals surface area contributed by atoms with Gasteiger partial charge in [-0.25, -0.2) is 14.6 Å². The molecule has 27 heavy (non-hydrogen) atoms. The Morgan fingerprint density at radius 1 is 1.30 bits per heavy atom.